The van der Waals surface area contributed by atoms with Crippen LogP contribution < -0.4 is 9.64 Å². The Morgan fingerprint density at radius 1 is 1.00 bits per heavy atom. The topological polar surface area (TPSA) is 15.5 Å². The summed E-state index contributed by atoms with van der Waals surface area (Å²) in [5, 5.41) is 0. The van der Waals surface area contributed by atoms with Crippen LogP contribution in [0.2, 0.25) is 0 Å². The molecule has 0 saturated carbocycles. The highest BCUT2D eigenvalue weighted by molar-refractivity contribution is 6.00. The highest BCUT2D eigenvalue weighted by atomic mass is 16.5. The van der Waals surface area contributed by atoms with Gasteiger partial charge in [-0.2, -0.15) is 4.58 Å². The zero-order chi connectivity index (χ0) is 21.3. The van der Waals surface area contributed by atoms with Crippen molar-refractivity contribution in [3.63, 3.8) is 0 Å². The summed E-state index contributed by atoms with van der Waals surface area (Å²) in [6, 6.07) is 14.3. The number of benzene rings is 2. The molecule has 2 heterocycles. The van der Waals surface area contributed by atoms with Gasteiger partial charge in [-0.15, -0.1) is 6.42 Å². The van der Waals surface area contributed by atoms with Gasteiger partial charge in [0.05, 0.1) is 0 Å². The van der Waals surface area contributed by atoms with Crippen molar-refractivity contribution < 1.29 is 9.31 Å². The first-order chi connectivity index (χ1) is 14.5. The summed E-state index contributed by atoms with van der Waals surface area (Å²) < 4.78 is 8.31. The number of hydrogen-bond donors (Lipinski definition) is 0. The van der Waals surface area contributed by atoms with Crippen LogP contribution >= 0.6 is 0 Å². The van der Waals surface area contributed by atoms with E-state index < -0.39 is 0 Å². The molecule has 148 valence electrons. The zero-order valence-electron chi connectivity index (χ0n) is 17.8. The second-order valence-corrected chi connectivity index (χ2v) is 7.64. The fourth-order valence-electron chi connectivity index (χ4n) is 3.69. The summed E-state index contributed by atoms with van der Waals surface area (Å²) in [6.07, 6.45) is 15.9. The molecule has 2 aromatic rings. The van der Waals surface area contributed by atoms with Crippen molar-refractivity contribution in [2.24, 2.45) is 0 Å². The van der Waals surface area contributed by atoms with Crippen molar-refractivity contribution in [1.29, 1.82) is 0 Å². The molecule has 0 aromatic heterocycles. The summed E-state index contributed by atoms with van der Waals surface area (Å²) in [6.45, 7) is 4.24. The Labute approximate surface area is 178 Å². The van der Waals surface area contributed by atoms with Crippen LogP contribution in [0.5, 0.6) is 5.75 Å². The van der Waals surface area contributed by atoms with Crippen LogP contribution in [-0.2, 0) is 0 Å². The van der Waals surface area contributed by atoms with Crippen molar-refractivity contribution in [1.82, 2.24) is 0 Å². The Morgan fingerprint density at radius 2 is 1.77 bits per heavy atom. The van der Waals surface area contributed by atoms with Gasteiger partial charge in [-0.3, -0.25) is 0 Å². The van der Waals surface area contributed by atoms with Gasteiger partial charge in [-0.05, 0) is 54.6 Å². The SMILES string of the molecule is C#Cc1ccc([N+]2=C(C)/C(=C/C=C3/C=Cc4cc(N(C)C)ccc4O3)C=C2C)cc1. The minimum atomic E-state index is 0.822. The first-order valence-electron chi connectivity index (χ1n) is 9.94. The fourth-order valence-corrected chi connectivity index (χ4v) is 3.69. The molecule has 0 unspecified atom stereocenters. The predicted octanol–water partition coefficient (Wildman–Crippen LogP) is 5.67. The number of rotatable bonds is 3. The van der Waals surface area contributed by atoms with Crippen molar-refractivity contribution in [2.45, 2.75) is 13.8 Å². The predicted molar refractivity (Wildman–Crippen MR) is 125 cm³/mol. The summed E-state index contributed by atoms with van der Waals surface area (Å²) in [5.41, 5.74) is 7.75. The molecule has 3 nitrogen and oxygen atoms in total. The molecule has 4 rings (SSSR count). The second-order valence-electron chi connectivity index (χ2n) is 7.64. The summed E-state index contributed by atoms with van der Waals surface area (Å²) in [5.74, 6) is 4.37. The number of ether oxygens (including phenoxy) is 1. The lowest BCUT2D eigenvalue weighted by atomic mass is 10.1. The molecule has 3 heteroatoms. The molecule has 0 bridgehead atoms. The number of allylic oxidation sites excluding steroid dienone is 6. The molecule has 0 atom stereocenters. The van der Waals surface area contributed by atoms with Gasteiger partial charge in [0, 0.05) is 68.5 Å². The maximum atomic E-state index is 6.07. The van der Waals surface area contributed by atoms with Crippen molar-refractivity contribution >= 4 is 23.2 Å². The molecule has 0 saturated heterocycles. The van der Waals surface area contributed by atoms with Crippen LogP contribution in [0.15, 0.2) is 83.8 Å². The molecular weight excluding hydrogens is 368 g/mol. The lowest BCUT2D eigenvalue weighted by Crippen LogP contribution is -2.09. The fraction of sp³-hybridized carbons (Fsp3) is 0.148. The Hall–Kier alpha value is -3.77. The molecule has 0 aliphatic carbocycles. The maximum absolute atomic E-state index is 6.07. The van der Waals surface area contributed by atoms with E-state index in [0.717, 1.165) is 39.6 Å². The van der Waals surface area contributed by atoms with Crippen LogP contribution in [0.4, 0.5) is 11.4 Å². The quantitative estimate of drug-likeness (QED) is 0.493. The lowest BCUT2D eigenvalue weighted by molar-refractivity contribution is -0.379. The third-order valence-electron chi connectivity index (χ3n) is 5.35. The number of nitrogens with zero attached hydrogens (tertiary/aromatic N) is 2. The average molecular weight is 394 g/mol. The van der Waals surface area contributed by atoms with Gasteiger partial charge >= 0.3 is 0 Å². The van der Waals surface area contributed by atoms with E-state index in [9.17, 15) is 0 Å². The molecule has 2 aliphatic rings. The van der Waals surface area contributed by atoms with E-state index in [-0.39, 0.29) is 0 Å². The lowest BCUT2D eigenvalue weighted by Gasteiger charge is -2.18. The smallest absolute Gasteiger partial charge is 0.211 e. The Bertz CT molecular complexity index is 1200. The standard InChI is InChI=1S/C27H25N2O/c1-6-21-7-11-24(12-8-21)29-19(2)17-22(20(29)3)9-14-26-15-10-23-18-25(28(4)5)13-16-27(23)30-26/h1,7-18H,2-5H3/q+1/b22-9+,26-14-. The third-order valence-corrected chi connectivity index (χ3v) is 5.35. The average Bonchev–Trinajstić information content (AvgIpc) is 3.04. The second kappa shape index (κ2) is 7.93. The minimum absolute atomic E-state index is 0.822. The summed E-state index contributed by atoms with van der Waals surface area (Å²) >= 11 is 0. The Balaban J connectivity index is 1.60. The van der Waals surface area contributed by atoms with E-state index >= 15 is 0 Å². The van der Waals surface area contributed by atoms with Gasteiger partial charge in [-0.25, -0.2) is 0 Å². The third kappa shape index (κ3) is 3.73. The maximum Gasteiger partial charge on any atom is 0.211 e. The van der Waals surface area contributed by atoms with Crippen molar-refractivity contribution in [3.05, 3.63) is 94.9 Å². The monoisotopic (exact) mass is 393 g/mol. The minimum Gasteiger partial charge on any atom is -0.457 e. The first kappa shape index (κ1) is 19.5. The van der Waals surface area contributed by atoms with Crippen LogP contribution in [-0.4, -0.2) is 24.4 Å². The van der Waals surface area contributed by atoms with E-state index in [1.807, 2.05) is 44.4 Å². The normalized spacial score (nSPS) is 17.6. The number of terminal acetylenes is 1. The van der Waals surface area contributed by atoms with Gasteiger partial charge in [0.15, 0.2) is 11.4 Å². The summed E-state index contributed by atoms with van der Waals surface area (Å²) in [4.78, 5) is 2.09. The molecule has 0 fully saturated rings. The van der Waals surface area contributed by atoms with Gasteiger partial charge in [-0.1, -0.05) is 5.92 Å². The van der Waals surface area contributed by atoms with E-state index in [1.54, 1.807) is 0 Å². The molecule has 0 radical (unpaired) electrons. The van der Waals surface area contributed by atoms with Crippen LogP contribution in [0.25, 0.3) is 6.08 Å². The van der Waals surface area contributed by atoms with E-state index in [2.05, 4.69) is 71.7 Å². The van der Waals surface area contributed by atoms with E-state index in [4.69, 9.17) is 11.2 Å². The van der Waals surface area contributed by atoms with Crippen molar-refractivity contribution in [3.8, 4) is 18.1 Å². The van der Waals surface area contributed by atoms with Gasteiger partial charge in [0.1, 0.15) is 11.5 Å². The Morgan fingerprint density at radius 3 is 2.47 bits per heavy atom. The number of fused-ring (bicyclic) bond motifs is 1. The van der Waals surface area contributed by atoms with Crippen molar-refractivity contribution in [2.75, 3.05) is 19.0 Å². The van der Waals surface area contributed by atoms with E-state index in [0.29, 0.717) is 0 Å². The first-order valence-corrected chi connectivity index (χ1v) is 9.94. The molecule has 0 N–H and O–H groups in total. The largest absolute Gasteiger partial charge is 0.457 e. The van der Waals surface area contributed by atoms with E-state index in [1.165, 1.54) is 11.4 Å². The molecular formula is C27H25N2O+. The van der Waals surface area contributed by atoms with Crippen LogP contribution in [0.3, 0.4) is 0 Å². The Kier molecular flexibility index (Phi) is 5.16. The molecule has 2 aliphatic heterocycles. The molecule has 0 spiro atoms. The molecule has 0 amide bonds. The zero-order valence-corrected chi connectivity index (χ0v) is 17.8. The number of anilines is 1. The van der Waals surface area contributed by atoms with Gasteiger partial charge in [0.25, 0.3) is 0 Å². The highest BCUT2D eigenvalue weighted by Crippen LogP contribution is 2.31. The molecule has 2 aromatic carbocycles. The molecule has 30 heavy (non-hydrogen) atoms. The van der Waals surface area contributed by atoms with Crippen LogP contribution in [0.1, 0.15) is 25.0 Å². The summed E-state index contributed by atoms with van der Waals surface area (Å²) in [7, 11) is 4.07. The highest BCUT2D eigenvalue weighted by Gasteiger charge is 2.25. The number of hydrogen-bond acceptors (Lipinski definition) is 2. The van der Waals surface area contributed by atoms with Gasteiger partial charge in [0.2, 0.25) is 5.69 Å². The van der Waals surface area contributed by atoms with Gasteiger partial charge < -0.3 is 9.64 Å². The van der Waals surface area contributed by atoms with Crippen LogP contribution in [0, 0.1) is 12.3 Å².